The van der Waals surface area contributed by atoms with E-state index in [1.165, 1.54) is 11.5 Å². The van der Waals surface area contributed by atoms with E-state index in [0.29, 0.717) is 5.69 Å². The van der Waals surface area contributed by atoms with Gasteiger partial charge in [-0.1, -0.05) is 54.6 Å². The van der Waals surface area contributed by atoms with Gasteiger partial charge in [-0.2, -0.15) is 4.37 Å². The van der Waals surface area contributed by atoms with Crippen LogP contribution in [0.2, 0.25) is 0 Å². The van der Waals surface area contributed by atoms with Gasteiger partial charge in [-0.05, 0) is 67.0 Å². The monoisotopic (exact) mass is 560 g/mol. The molecule has 1 fully saturated rings. The van der Waals surface area contributed by atoms with Gasteiger partial charge in [-0.25, -0.2) is 4.79 Å². The average molecular weight is 561 g/mol. The molecule has 0 radical (unpaired) electrons. The number of amides is 1. The summed E-state index contributed by atoms with van der Waals surface area (Å²) in [5, 5.41) is 12.5. The molecule has 192 valence electrons. The second-order valence-electron chi connectivity index (χ2n) is 9.47. The number of anilines is 1. The maximum Gasteiger partial charge on any atom is 0.412 e. The van der Waals surface area contributed by atoms with Crippen LogP contribution in [0.1, 0.15) is 42.0 Å². The number of thiophene rings is 2. The van der Waals surface area contributed by atoms with E-state index in [2.05, 4.69) is 34.0 Å². The molecular weight excluding hydrogens is 537 g/mol. The number of rotatable bonds is 7. The molecule has 38 heavy (non-hydrogen) atoms. The molecular formula is C29H24N2O4S3. The SMILES string of the molecule is Cc1nsc(-c2ccc(-c3cc4sc(C5(C(=O)O)CC5)cc4s3)cc2)c1NC(=O)OC(C)c1ccccc1. The lowest BCUT2D eigenvalue weighted by atomic mass is 10.1. The smallest absolute Gasteiger partial charge is 0.412 e. The minimum absolute atomic E-state index is 0.374. The first-order valence-electron chi connectivity index (χ1n) is 12.2. The quantitative estimate of drug-likeness (QED) is 0.208. The average Bonchev–Trinajstić information content (AvgIpc) is 3.32. The van der Waals surface area contributed by atoms with E-state index in [4.69, 9.17) is 4.74 Å². The van der Waals surface area contributed by atoms with E-state index in [9.17, 15) is 14.7 Å². The van der Waals surface area contributed by atoms with Gasteiger partial charge in [0.05, 0.1) is 16.3 Å². The molecule has 0 aliphatic heterocycles. The fraction of sp³-hybridized carbons (Fsp3) is 0.207. The van der Waals surface area contributed by atoms with E-state index < -0.39 is 17.5 Å². The molecule has 3 aromatic heterocycles. The Balaban J connectivity index is 1.19. The van der Waals surface area contributed by atoms with Crippen LogP contribution in [0, 0.1) is 6.92 Å². The van der Waals surface area contributed by atoms with Crippen LogP contribution in [0.15, 0.2) is 66.7 Å². The number of aliphatic carboxylic acids is 1. The highest BCUT2D eigenvalue weighted by Gasteiger charge is 2.53. The van der Waals surface area contributed by atoms with Gasteiger partial charge in [0.2, 0.25) is 0 Å². The van der Waals surface area contributed by atoms with Crippen molar-refractivity contribution in [2.45, 2.75) is 38.2 Å². The maximum atomic E-state index is 12.7. The van der Waals surface area contributed by atoms with Gasteiger partial charge in [0.15, 0.2) is 0 Å². The molecule has 2 aromatic carbocycles. The molecule has 3 heterocycles. The third-order valence-electron chi connectivity index (χ3n) is 6.91. The number of carbonyl (C=O) groups excluding carboxylic acids is 1. The zero-order chi connectivity index (χ0) is 26.4. The van der Waals surface area contributed by atoms with E-state index in [-0.39, 0.29) is 6.10 Å². The summed E-state index contributed by atoms with van der Waals surface area (Å²) < 4.78 is 12.3. The maximum absolute atomic E-state index is 12.7. The second kappa shape index (κ2) is 9.65. The standard InChI is InChI=1S/C29H24N2O4S3/c1-16-25(30-28(34)35-17(2)18-6-4-3-5-7-18)26(38-31-16)20-10-8-19(9-11-20)21-14-22-23(36-21)15-24(37-22)29(12-13-29)27(32)33/h3-11,14-15,17H,12-13H2,1-2H3,(H,30,34)(H,32,33). The molecule has 1 aliphatic rings. The Kier molecular flexibility index (Phi) is 6.29. The molecule has 6 rings (SSSR count). The van der Waals surface area contributed by atoms with Crippen molar-refractivity contribution in [1.29, 1.82) is 0 Å². The van der Waals surface area contributed by atoms with Crippen molar-refractivity contribution < 1.29 is 19.4 Å². The van der Waals surface area contributed by atoms with Gasteiger partial charge in [0, 0.05) is 19.2 Å². The van der Waals surface area contributed by atoms with Gasteiger partial charge in [-0.15, -0.1) is 22.7 Å². The van der Waals surface area contributed by atoms with Gasteiger partial charge < -0.3 is 9.84 Å². The Hall–Kier alpha value is -3.53. The fourth-order valence-corrected chi connectivity index (χ4v) is 7.98. The van der Waals surface area contributed by atoms with Gasteiger partial charge in [0.25, 0.3) is 0 Å². The Morgan fingerprint density at radius 2 is 1.68 bits per heavy atom. The molecule has 2 N–H and O–H groups in total. The molecule has 9 heteroatoms. The summed E-state index contributed by atoms with van der Waals surface area (Å²) >= 11 is 4.62. The predicted octanol–water partition coefficient (Wildman–Crippen LogP) is 8.49. The minimum Gasteiger partial charge on any atom is -0.481 e. The van der Waals surface area contributed by atoms with Crippen molar-refractivity contribution >= 4 is 61.4 Å². The zero-order valence-electron chi connectivity index (χ0n) is 20.7. The molecule has 1 saturated carbocycles. The molecule has 1 atom stereocenters. The number of nitrogens with zero attached hydrogens (tertiary/aromatic N) is 1. The molecule has 6 nitrogen and oxygen atoms in total. The van der Waals surface area contributed by atoms with Crippen molar-refractivity contribution in [1.82, 2.24) is 4.37 Å². The molecule has 1 aliphatic carbocycles. The van der Waals surface area contributed by atoms with Crippen LogP contribution >= 0.6 is 34.2 Å². The summed E-state index contributed by atoms with van der Waals surface area (Å²) in [6.07, 6.45) is 0.558. The van der Waals surface area contributed by atoms with Crippen molar-refractivity contribution in [3.05, 3.63) is 82.9 Å². The zero-order valence-corrected chi connectivity index (χ0v) is 23.1. The van der Waals surface area contributed by atoms with Crippen molar-refractivity contribution in [3.63, 3.8) is 0 Å². The van der Waals surface area contributed by atoms with Crippen LogP contribution in [0.5, 0.6) is 0 Å². The number of carboxylic acids is 1. The summed E-state index contributed by atoms with van der Waals surface area (Å²) in [5.74, 6) is -0.714. The lowest BCUT2D eigenvalue weighted by Gasteiger charge is -2.14. The number of benzene rings is 2. The van der Waals surface area contributed by atoms with E-state index >= 15 is 0 Å². The first-order chi connectivity index (χ1) is 18.3. The highest BCUT2D eigenvalue weighted by molar-refractivity contribution is 7.29. The van der Waals surface area contributed by atoms with Crippen LogP contribution < -0.4 is 5.32 Å². The first-order valence-corrected chi connectivity index (χ1v) is 14.6. The van der Waals surface area contributed by atoms with Gasteiger partial charge in [0.1, 0.15) is 11.5 Å². The van der Waals surface area contributed by atoms with Gasteiger partial charge in [-0.3, -0.25) is 10.1 Å². The minimum atomic E-state index is -0.714. The summed E-state index contributed by atoms with van der Waals surface area (Å²) in [6.45, 7) is 3.71. The van der Waals surface area contributed by atoms with Crippen molar-refractivity contribution in [2.75, 3.05) is 5.32 Å². The van der Waals surface area contributed by atoms with Gasteiger partial charge >= 0.3 is 12.1 Å². The number of fused-ring (bicyclic) bond motifs is 1. The van der Waals surface area contributed by atoms with Crippen LogP contribution in [0.4, 0.5) is 10.5 Å². The molecule has 5 aromatic rings. The predicted molar refractivity (Wildman–Crippen MR) is 154 cm³/mol. The number of hydrogen-bond acceptors (Lipinski definition) is 7. The van der Waals surface area contributed by atoms with Crippen molar-refractivity contribution in [3.8, 4) is 20.9 Å². The molecule has 1 amide bonds. The summed E-state index contributed by atoms with van der Waals surface area (Å²) in [7, 11) is 0. The normalized spacial score (nSPS) is 14.8. The summed E-state index contributed by atoms with van der Waals surface area (Å²) in [5.41, 5.74) is 3.72. The Bertz CT molecular complexity index is 1610. The summed E-state index contributed by atoms with van der Waals surface area (Å²) in [4.78, 5) is 27.3. The molecule has 0 spiro atoms. The summed E-state index contributed by atoms with van der Waals surface area (Å²) in [6, 6.07) is 22.0. The van der Waals surface area contributed by atoms with E-state index in [1.54, 1.807) is 22.7 Å². The number of carboxylic acid groups (broad SMARTS) is 1. The number of nitrogens with one attached hydrogen (secondary N) is 1. The Labute approximate surface area is 231 Å². The van der Waals surface area contributed by atoms with Crippen LogP contribution in [-0.4, -0.2) is 21.5 Å². The van der Waals surface area contributed by atoms with E-state index in [1.807, 2.05) is 56.3 Å². The Morgan fingerprint density at radius 1 is 1.00 bits per heavy atom. The second-order valence-corrected chi connectivity index (χ2v) is 12.4. The molecule has 0 saturated heterocycles. The largest absolute Gasteiger partial charge is 0.481 e. The topological polar surface area (TPSA) is 88.5 Å². The number of aryl methyl sites for hydroxylation is 1. The highest BCUT2D eigenvalue weighted by Crippen LogP contribution is 2.53. The number of ether oxygens (including phenoxy) is 1. The van der Waals surface area contributed by atoms with Crippen LogP contribution in [-0.2, 0) is 14.9 Å². The number of carbonyl (C=O) groups is 2. The lowest BCUT2D eigenvalue weighted by molar-refractivity contribution is -0.139. The van der Waals surface area contributed by atoms with Crippen LogP contribution in [0.25, 0.3) is 30.3 Å². The fourth-order valence-electron chi connectivity index (χ4n) is 4.49. The van der Waals surface area contributed by atoms with Crippen LogP contribution in [0.3, 0.4) is 0 Å². The van der Waals surface area contributed by atoms with E-state index in [0.717, 1.165) is 59.3 Å². The number of hydrogen-bond donors (Lipinski definition) is 2. The molecule has 1 unspecified atom stereocenters. The van der Waals surface area contributed by atoms with Crippen molar-refractivity contribution in [2.24, 2.45) is 0 Å². The third kappa shape index (κ3) is 4.51. The first kappa shape index (κ1) is 24.8. The Morgan fingerprint density at radius 3 is 2.34 bits per heavy atom. The highest BCUT2D eigenvalue weighted by atomic mass is 32.1. The molecule has 0 bridgehead atoms. The third-order valence-corrected chi connectivity index (χ3v) is 10.4. The number of aromatic nitrogens is 1. The lowest BCUT2D eigenvalue weighted by Crippen LogP contribution is -2.17.